The van der Waals surface area contributed by atoms with Crippen LogP contribution in [-0.4, -0.2) is 21.3 Å². The van der Waals surface area contributed by atoms with Crippen LogP contribution in [0.2, 0.25) is 0 Å². The zero-order valence-corrected chi connectivity index (χ0v) is 7.70. The number of carbonyl (C=O) groups is 1. The Hall–Kier alpha value is -1.78. The lowest BCUT2D eigenvalue weighted by Gasteiger charge is -2.11. The van der Waals surface area contributed by atoms with Crippen molar-refractivity contribution in [2.75, 3.05) is 0 Å². The smallest absolute Gasteiger partial charge is 0.314 e. The van der Waals surface area contributed by atoms with Gasteiger partial charge in [0.25, 0.3) is 0 Å². The minimum atomic E-state index is -1.08. The first-order valence-electron chi connectivity index (χ1n) is 4.43. The van der Waals surface area contributed by atoms with E-state index >= 15 is 0 Å². The van der Waals surface area contributed by atoms with Crippen LogP contribution in [0.4, 0.5) is 4.39 Å². The van der Waals surface area contributed by atoms with E-state index in [2.05, 4.69) is 0 Å². The van der Waals surface area contributed by atoms with Crippen LogP contribution in [0.5, 0.6) is 11.5 Å². The highest BCUT2D eigenvalue weighted by Crippen LogP contribution is 2.50. The third-order valence-corrected chi connectivity index (χ3v) is 2.76. The fraction of sp³-hybridized carbons (Fsp3) is 0.300. The topological polar surface area (TPSA) is 77.8 Å². The van der Waals surface area contributed by atoms with Crippen LogP contribution in [0.1, 0.15) is 18.4 Å². The minimum absolute atomic E-state index is 0.197. The van der Waals surface area contributed by atoms with Crippen LogP contribution in [-0.2, 0) is 10.2 Å². The number of hydrogen-bond donors (Lipinski definition) is 3. The molecule has 1 saturated carbocycles. The molecule has 1 aliphatic carbocycles. The van der Waals surface area contributed by atoms with Crippen LogP contribution in [0.15, 0.2) is 12.1 Å². The van der Waals surface area contributed by atoms with E-state index in [1.165, 1.54) is 0 Å². The van der Waals surface area contributed by atoms with Crippen molar-refractivity contribution >= 4 is 5.97 Å². The third-order valence-electron chi connectivity index (χ3n) is 2.76. The molecule has 1 aromatic rings. The Balaban J connectivity index is 2.51. The van der Waals surface area contributed by atoms with Gasteiger partial charge in [0.05, 0.1) is 5.41 Å². The van der Waals surface area contributed by atoms with Crippen molar-refractivity contribution in [3.8, 4) is 11.5 Å². The maximum absolute atomic E-state index is 13.1. The molecule has 0 aromatic heterocycles. The van der Waals surface area contributed by atoms with Gasteiger partial charge in [0.1, 0.15) is 0 Å². The lowest BCUT2D eigenvalue weighted by molar-refractivity contribution is -0.140. The minimum Gasteiger partial charge on any atom is -0.504 e. The quantitative estimate of drug-likeness (QED) is 0.646. The number of benzene rings is 1. The summed E-state index contributed by atoms with van der Waals surface area (Å²) >= 11 is 0. The van der Waals surface area contributed by atoms with Crippen molar-refractivity contribution in [2.24, 2.45) is 0 Å². The molecule has 0 heterocycles. The Morgan fingerprint density at radius 3 is 2.33 bits per heavy atom. The van der Waals surface area contributed by atoms with E-state index in [-0.39, 0.29) is 5.56 Å². The van der Waals surface area contributed by atoms with Crippen molar-refractivity contribution in [3.05, 3.63) is 23.5 Å². The molecule has 1 aliphatic rings. The fourth-order valence-electron chi connectivity index (χ4n) is 1.61. The molecule has 4 nitrogen and oxygen atoms in total. The molecule has 0 amide bonds. The Morgan fingerprint density at radius 2 is 1.93 bits per heavy atom. The second kappa shape index (κ2) is 2.85. The second-order valence-electron chi connectivity index (χ2n) is 3.71. The molecule has 3 N–H and O–H groups in total. The maximum atomic E-state index is 13.1. The molecular formula is C10H9FO4. The van der Waals surface area contributed by atoms with Gasteiger partial charge in [-0.2, -0.15) is 0 Å². The molecule has 2 rings (SSSR count). The molecule has 5 heteroatoms. The lowest BCUT2D eigenvalue weighted by atomic mass is 9.95. The molecule has 0 spiro atoms. The maximum Gasteiger partial charge on any atom is 0.314 e. The monoisotopic (exact) mass is 212 g/mol. The molecular weight excluding hydrogens is 203 g/mol. The van der Waals surface area contributed by atoms with E-state index in [0.29, 0.717) is 12.8 Å². The summed E-state index contributed by atoms with van der Waals surface area (Å²) in [7, 11) is 0. The molecule has 0 saturated heterocycles. The number of halogens is 1. The molecule has 0 atom stereocenters. The first-order chi connectivity index (χ1) is 6.97. The Labute approximate surface area is 84.6 Å². The van der Waals surface area contributed by atoms with Gasteiger partial charge in [-0.05, 0) is 30.5 Å². The van der Waals surface area contributed by atoms with Gasteiger partial charge in [-0.15, -0.1) is 0 Å². The molecule has 1 fully saturated rings. The van der Waals surface area contributed by atoms with Crippen molar-refractivity contribution in [1.82, 2.24) is 0 Å². The number of aromatic hydroxyl groups is 2. The molecule has 0 aliphatic heterocycles. The van der Waals surface area contributed by atoms with Gasteiger partial charge >= 0.3 is 5.97 Å². The van der Waals surface area contributed by atoms with Gasteiger partial charge in [-0.1, -0.05) is 0 Å². The number of phenolic OH excluding ortho intramolecular Hbond substituents is 2. The van der Waals surface area contributed by atoms with Gasteiger partial charge in [-0.3, -0.25) is 4.79 Å². The standard InChI is InChI=1S/C10H9FO4/c11-6-3-5(4-7(12)8(6)13)10(1-2-10)9(14)15/h3-4,12-13H,1-2H2,(H,14,15). The van der Waals surface area contributed by atoms with Gasteiger partial charge < -0.3 is 15.3 Å². The highest BCUT2D eigenvalue weighted by molar-refractivity contribution is 5.85. The molecule has 1 aromatic carbocycles. The number of rotatable bonds is 2. The van der Waals surface area contributed by atoms with Gasteiger partial charge in [0.15, 0.2) is 17.3 Å². The zero-order chi connectivity index (χ0) is 11.2. The van der Waals surface area contributed by atoms with Gasteiger partial charge in [-0.25, -0.2) is 4.39 Å². The van der Waals surface area contributed by atoms with E-state index in [0.717, 1.165) is 12.1 Å². The SMILES string of the molecule is O=C(O)C1(c2cc(O)c(O)c(F)c2)CC1. The summed E-state index contributed by atoms with van der Waals surface area (Å²) in [5.41, 5.74) is -0.880. The summed E-state index contributed by atoms with van der Waals surface area (Å²) in [4.78, 5) is 10.9. The van der Waals surface area contributed by atoms with Crippen LogP contribution in [0.25, 0.3) is 0 Å². The molecule has 80 valence electrons. The van der Waals surface area contributed by atoms with Crippen molar-refractivity contribution in [1.29, 1.82) is 0 Å². The molecule has 0 radical (unpaired) electrons. The predicted octanol–water partition coefficient (Wildman–Crippen LogP) is 1.35. The van der Waals surface area contributed by atoms with Gasteiger partial charge in [0.2, 0.25) is 0 Å². The zero-order valence-electron chi connectivity index (χ0n) is 7.70. The van der Waals surface area contributed by atoms with Crippen molar-refractivity contribution < 1.29 is 24.5 Å². The number of carboxylic acids is 1. The molecule has 0 unspecified atom stereocenters. The largest absolute Gasteiger partial charge is 0.504 e. The summed E-state index contributed by atoms with van der Waals surface area (Å²) in [6.07, 6.45) is 0.845. The average molecular weight is 212 g/mol. The van der Waals surface area contributed by atoms with Crippen molar-refractivity contribution in [3.63, 3.8) is 0 Å². The van der Waals surface area contributed by atoms with E-state index < -0.39 is 28.7 Å². The summed E-state index contributed by atoms with van der Waals surface area (Å²) in [5.74, 6) is -3.51. The van der Waals surface area contributed by atoms with Gasteiger partial charge in [0, 0.05) is 0 Å². The fourth-order valence-corrected chi connectivity index (χ4v) is 1.61. The Kier molecular flexibility index (Phi) is 1.86. The second-order valence-corrected chi connectivity index (χ2v) is 3.71. The number of phenols is 2. The summed E-state index contributed by atoms with van der Waals surface area (Å²) in [6.45, 7) is 0. The summed E-state index contributed by atoms with van der Waals surface area (Å²) < 4.78 is 13.1. The first kappa shape index (κ1) is 9.76. The number of aliphatic carboxylic acids is 1. The third kappa shape index (κ3) is 1.31. The normalized spacial score (nSPS) is 17.4. The number of hydrogen-bond acceptors (Lipinski definition) is 3. The van der Waals surface area contributed by atoms with E-state index in [1.807, 2.05) is 0 Å². The van der Waals surface area contributed by atoms with Crippen LogP contribution in [0, 0.1) is 5.82 Å². The Bertz CT molecular complexity index is 414. The van der Waals surface area contributed by atoms with E-state index in [4.69, 9.17) is 10.2 Å². The molecule has 0 bridgehead atoms. The first-order valence-corrected chi connectivity index (χ1v) is 4.43. The average Bonchev–Trinajstić information content (AvgIpc) is 2.93. The van der Waals surface area contributed by atoms with Crippen LogP contribution >= 0.6 is 0 Å². The highest BCUT2D eigenvalue weighted by Gasteiger charge is 2.52. The van der Waals surface area contributed by atoms with Crippen molar-refractivity contribution in [2.45, 2.75) is 18.3 Å². The summed E-state index contributed by atoms with van der Waals surface area (Å²) in [5, 5.41) is 27.1. The van der Waals surface area contributed by atoms with Crippen LogP contribution in [0.3, 0.4) is 0 Å². The van der Waals surface area contributed by atoms with E-state index in [9.17, 15) is 14.3 Å². The molecule has 15 heavy (non-hydrogen) atoms. The summed E-state index contributed by atoms with van der Waals surface area (Å²) in [6, 6.07) is 2.05. The predicted molar refractivity (Wildman–Crippen MR) is 48.3 cm³/mol. The number of carboxylic acid groups (broad SMARTS) is 1. The van der Waals surface area contributed by atoms with Crippen LogP contribution < -0.4 is 0 Å². The lowest BCUT2D eigenvalue weighted by Crippen LogP contribution is -2.19. The van der Waals surface area contributed by atoms with E-state index in [1.54, 1.807) is 0 Å². The Morgan fingerprint density at radius 1 is 1.33 bits per heavy atom. The highest BCUT2D eigenvalue weighted by atomic mass is 19.1.